The molecule has 198 valence electrons. The van der Waals surface area contributed by atoms with E-state index in [2.05, 4.69) is 35.3 Å². The van der Waals surface area contributed by atoms with Gasteiger partial charge in [0.2, 0.25) is 11.7 Å². The first-order chi connectivity index (χ1) is 18.6. The molecule has 0 saturated heterocycles. The minimum atomic E-state index is -0.108. The fourth-order valence-corrected chi connectivity index (χ4v) is 3.80. The topological polar surface area (TPSA) is 109 Å². The summed E-state index contributed by atoms with van der Waals surface area (Å²) in [6.45, 7) is 5.28. The highest BCUT2D eigenvalue weighted by atomic mass is 16.6. The lowest BCUT2D eigenvalue weighted by atomic mass is 10.1. The maximum atomic E-state index is 12.2. The fraction of sp³-hybridized carbons (Fsp3) is 0.276. The number of fused-ring (bicyclic) bond motifs is 1. The van der Waals surface area contributed by atoms with E-state index in [1.807, 2.05) is 54.6 Å². The van der Waals surface area contributed by atoms with Gasteiger partial charge in [0.1, 0.15) is 5.75 Å². The maximum absolute atomic E-state index is 12.2. The lowest BCUT2D eigenvalue weighted by molar-refractivity contribution is -0.115. The third-order valence-corrected chi connectivity index (χ3v) is 5.82. The van der Waals surface area contributed by atoms with Gasteiger partial charge < -0.3 is 25.5 Å². The van der Waals surface area contributed by atoms with Crippen LogP contribution in [0.25, 0.3) is 11.0 Å². The number of methoxy groups -OCH3 is 1. The smallest absolute Gasteiger partial charge is 0.238 e. The van der Waals surface area contributed by atoms with Gasteiger partial charge in [-0.05, 0) is 61.3 Å². The molecule has 0 aliphatic heterocycles. The van der Waals surface area contributed by atoms with Crippen molar-refractivity contribution in [1.29, 1.82) is 0 Å². The van der Waals surface area contributed by atoms with Crippen molar-refractivity contribution in [2.75, 3.05) is 36.3 Å². The minimum absolute atomic E-state index is 0.108. The Labute approximate surface area is 222 Å². The van der Waals surface area contributed by atoms with Crippen LogP contribution in [0.4, 0.5) is 23.0 Å². The van der Waals surface area contributed by atoms with Gasteiger partial charge in [-0.25, -0.2) is 15.4 Å². The predicted octanol–water partition coefficient (Wildman–Crippen LogP) is 5.68. The van der Waals surface area contributed by atoms with Gasteiger partial charge >= 0.3 is 0 Å². The Hall–Kier alpha value is -4.37. The Morgan fingerprint density at radius 2 is 1.63 bits per heavy atom. The van der Waals surface area contributed by atoms with Gasteiger partial charge in [-0.1, -0.05) is 38.5 Å². The SMILES string of the molecule is CCCCNCC(=O)Nc1cccc(ONc2nc3ccccc3nc2Nc2cc(CC)cc(OC)c2)c1. The molecule has 1 aromatic heterocycles. The molecule has 0 spiro atoms. The summed E-state index contributed by atoms with van der Waals surface area (Å²) in [5.74, 6) is 2.08. The van der Waals surface area contributed by atoms with Crippen molar-refractivity contribution in [3.05, 3.63) is 72.3 Å². The summed E-state index contributed by atoms with van der Waals surface area (Å²) in [5.41, 5.74) is 7.00. The van der Waals surface area contributed by atoms with Gasteiger partial charge in [0.25, 0.3) is 0 Å². The number of amides is 1. The van der Waals surface area contributed by atoms with E-state index in [1.165, 1.54) is 0 Å². The number of aryl methyl sites for hydroxylation is 1. The number of hydrogen-bond acceptors (Lipinski definition) is 8. The van der Waals surface area contributed by atoms with Crippen LogP contribution in [0.15, 0.2) is 66.7 Å². The third kappa shape index (κ3) is 7.33. The molecule has 4 N–H and O–H groups in total. The number of nitrogens with zero attached hydrogens (tertiary/aromatic N) is 2. The Bertz CT molecular complexity index is 1360. The molecule has 1 heterocycles. The Morgan fingerprint density at radius 3 is 2.37 bits per heavy atom. The van der Waals surface area contributed by atoms with Crippen LogP contribution in [0.5, 0.6) is 11.5 Å². The molecular weight excluding hydrogens is 480 g/mol. The summed E-state index contributed by atoms with van der Waals surface area (Å²) < 4.78 is 5.46. The number of nitrogens with one attached hydrogen (secondary N) is 4. The number of ether oxygens (including phenoxy) is 1. The van der Waals surface area contributed by atoms with Crippen LogP contribution in [0.2, 0.25) is 0 Å². The van der Waals surface area contributed by atoms with Gasteiger partial charge in [0.05, 0.1) is 24.7 Å². The molecule has 0 fully saturated rings. The number of benzene rings is 3. The molecule has 9 heteroatoms. The molecule has 9 nitrogen and oxygen atoms in total. The number of hydrogen-bond donors (Lipinski definition) is 4. The summed E-state index contributed by atoms with van der Waals surface area (Å²) in [4.78, 5) is 27.6. The number of carbonyl (C=O) groups excluding carboxylic acids is 1. The van der Waals surface area contributed by atoms with Crippen LogP contribution in [-0.2, 0) is 11.2 Å². The standard InChI is InChI=1S/C29H34N6O3/c1-4-6-14-30-19-27(36)31-21-10-9-11-23(17-21)38-35-29-28(33-25-12-7-8-13-26(25)34-29)32-22-15-20(5-2)16-24(18-22)37-3/h7-13,15-18,30H,4-6,14,19H2,1-3H3,(H,31,36)(H,32,33)(H,34,35). The lowest BCUT2D eigenvalue weighted by Crippen LogP contribution is -2.28. The maximum Gasteiger partial charge on any atom is 0.238 e. The van der Waals surface area contributed by atoms with E-state index in [4.69, 9.17) is 19.5 Å². The molecule has 1 amide bonds. The molecule has 0 bridgehead atoms. The van der Waals surface area contributed by atoms with Crippen molar-refractivity contribution in [1.82, 2.24) is 15.3 Å². The van der Waals surface area contributed by atoms with Crippen molar-refractivity contribution in [2.24, 2.45) is 0 Å². The third-order valence-electron chi connectivity index (χ3n) is 5.82. The number of anilines is 4. The second-order valence-electron chi connectivity index (χ2n) is 8.77. The van der Waals surface area contributed by atoms with Gasteiger partial charge in [-0.15, -0.1) is 0 Å². The summed E-state index contributed by atoms with van der Waals surface area (Å²) in [7, 11) is 1.65. The van der Waals surface area contributed by atoms with Crippen molar-refractivity contribution >= 4 is 40.0 Å². The van der Waals surface area contributed by atoms with Crippen LogP contribution in [-0.4, -0.2) is 36.1 Å². The molecule has 0 aliphatic rings. The van der Waals surface area contributed by atoms with E-state index in [0.29, 0.717) is 23.1 Å². The normalized spacial score (nSPS) is 10.7. The molecule has 3 aromatic carbocycles. The highest BCUT2D eigenvalue weighted by Gasteiger charge is 2.12. The number of para-hydroxylation sites is 2. The lowest BCUT2D eigenvalue weighted by Gasteiger charge is -2.15. The second kappa shape index (κ2) is 13.3. The number of unbranched alkanes of at least 4 members (excludes halogenated alkanes) is 1. The second-order valence-corrected chi connectivity index (χ2v) is 8.77. The Balaban J connectivity index is 1.51. The first kappa shape index (κ1) is 26.7. The van der Waals surface area contributed by atoms with Gasteiger partial charge in [-0.2, -0.15) is 0 Å². The number of aromatic nitrogens is 2. The quantitative estimate of drug-likeness (QED) is 0.133. The van der Waals surface area contributed by atoms with E-state index in [9.17, 15) is 4.79 Å². The summed E-state index contributed by atoms with van der Waals surface area (Å²) >= 11 is 0. The summed E-state index contributed by atoms with van der Waals surface area (Å²) in [6, 6.07) is 20.8. The van der Waals surface area contributed by atoms with E-state index in [-0.39, 0.29) is 12.5 Å². The Kier molecular flexibility index (Phi) is 9.31. The van der Waals surface area contributed by atoms with E-state index >= 15 is 0 Å². The molecule has 0 saturated carbocycles. The van der Waals surface area contributed by atoms with Crippen molar-refractivity contribution in [3.8, 4) is 11.5 Å². The zero-order valence-electron chi connectivity index (χ0n) is 22.0. The molecular formula is C29H34N6O3. The van der Waals surface area contributed by atoms with E-state index < -0.39 is 0 Å². The van der Waals surface area contributed by atoms with Gasteiger partial charge in [0, 0.05) is 23.5 Å². The van der Waals surface area contributed by atoms with Crippen molar-refractivity contribution < 1.29 is 14.4 Å². The molecule has 0 unspecified atom stereocenters. The highest BCUT2D eigenvalue weighted by Crippen LogP contribution is 2.29. The fourth-order valence-electron chi connectivity index (χ4n) is 3.80. The van der Waals surface area contributed by atoms with Crippen LogP contribution in [0.3, 0.4) is 0 Å². The largest absolute Gasteiger partial charge is 0.497 e. The van der Waals surface area contributed by atoms with Crippen LogP contribution >= 0.6 is 0 Å². The summed E-state index contributed by atoms with van der Waals surface area (Å²) in [5, 5.41) is 9.38. The first-order valence-corrected chi connectivity index (χ1v) is 12.8. The monoisotopic (exact) mass is 514 g/mol. The van der Waals surface area contributed by atoms with Crippen LogP contribution < -0.4 is 31.0 Å². The first-order valence-electron chi connectivity index (χ1n) is 12.8. The van der Waals surface area contributed by atoms with Crippen molar-refractivity contribution in [2.45, 2.75) is 33.1 Å². The predicted molar refractivity (Wildman–Crippen MR) is 152 cm³/mol. The summed E-state index contributed by atoms with van der Waals surface area (Å²) in [6.07, 6.45) is 2.98. The molecule has 0 aliphatic carbocycles. The molecule has 0 radical (unpaired) electrons. The Morgan fingerprint density at radius 1 is 0.868 bits per heavy atom. The van der Waals surface area contributed by atoms with Crippen molar-refractivity contribution in [3.63, 3.8) is 0 Å². The zero-order chi connectivity index (χ0) is 26.7. The van der Waals surface area contributed by atoms with Crippen LogP contribution in [0.1, 0.15) is 32.3 Å². The molecule has 4 aromatic rings. The average molecular weight is 515 g/mol. The minimum Gasteiger partial charge on any atom is -0.497 e. The van der Waals surface area contributed by atoms with E-state index in [0.717, 1.165) is 53.8 Å². The van der Waals surface area contributed by atoms with Gasteiger partial charge in [-0.3, -0.25) is 4.79 Å². The molecule has 4 rings (SSSR count). The molecule has 0 atom stereocenters. The molecule has 38 heavy (non-hydrogen) atoms. The average Bonchev–Trinajstić information content (AvgIpc) is 2.94. The highest BCUT2D eigenvalue weighted by molar-refractivity contribution is 5.92. The number of rotatable bonds is 13. The number of carbonyl (C=O) groups is 1. The van der Waals surface area contributed by atoms with E-state index in [1.54, 1.807) is 19.2 Å². The van der Waals surface area contributed by atoms with Crippen LogP contribution in [0, 0.1) is 0 Å². The van der Waals surface area contributed by atoms with Gasteiger partial charge in [0.15, 0.2) is 11.6 Å². The zero-order valence-corrected chi connectivity index (χ0v) is 22.0.